The fraction of sp³-hybridized carbons (Fsp3) is 0.190. The third-order valence-electron chi connectivity index (χ3n) is 4.09. The molecule has 150 valence electrons. The van der Waals surface area contributed by atoms with Gasteiger partial charge in [-0.1, -0.05) is 17.7 Å². The molecule has 2 N–H and O–H groups in total. The summed E-state index contributed by atoms with van der Waals surface area (Å²) in [5, 5.41) is 7.73. The number of amides is 2. The van der Waals surface area contributed by atoms with Gasteiger partial charge in [-0.3, -0.25) is 14.9 Å². The normalized spacial score (nSPS) is 10.3. The zero-order chi connectivity index (χ0) is 20.8. The van der Waals surface area contributed by atoms with Crippen LogP contribution in [0.25, 0.3) is 0 Å². The molecule has 7 nitrogen and oxygen atoms in total. The molecule has 2 amide bonds. The molecule has 0 unspecified atom stereocenters. The molecule has 0 aliphatic rings. The van der Waals surface area contributed by atoms with Crippen LogP contribution in [0.1, 0.15) is 21.6 Å². The summed E-state index contributed by atoms with van der Waals surface area (Å²) in [6.45, 7) is 1.98. The quantitative estimate of drug-likeness (QED) is 0.615. The molecule has 3 rings (SSSR count). The summed E-state index contributed by atoms with van der Waals surface area (Å²) >= 11 is 1.26. The molecule has 0 bridgehead atoms. The Morgan fingerprint density at radius 2 is 1.72 bits per heavy atom. The van der Waals surface area contributed by atoms with Crippen LogP contribution in [0, 0.1) is 6.92 Å². The van der Waals surface area contributed by atoms with Crippen LogP contribution in [-0.2, 0) is 11.2 Å². The predicted molar refractivity (Wildman–Crippen MR) is 113 cm³/mol. The molecular weight excluding hydrogens is 390 g/mol. The maximum Gasteiger partial charge on any atom is 0.257 e. The molecule has 0 spiro atoms. The highest BCUT2D eigenvalue weighted by Gasteiger charge is 2.14. The molecular formula is C21H21N3O4S. The van der Waals surface area contributed by atoms with Crippen molar-refractivity contribution < 1.29 is 19.1 Å². The highest BCUT2D eigenvalue weighted by molar-refractivity contribution is 7.14. The number of nitrogens with one attached hydrogen (secondary N) is 2. The molecule has 0 saturated heterocycles. The third-order valence-corrected chi connectivity index (χ3v) is 4.90. The lowest BCUT2D eigenvalue weighted by Gasteiger charge is -2.09. The van der Waals surface area contributed by atoms with Crippen molar-refractivity contribution in [1.82, 2.24) is 4.98 Å². The zero-order valence-electron chi connectivity index (χ0n) is 16.3. The Kier molecular flexibility index (Phi) is 6.46. The monoisotopic (exact) mass is 411 g/mol. The van der Waals surface area contributed by atoms with E-state index in [2.05, 4.69) is 15.6 Å². The van der Waals surface area contributed by atoms with Crippen molar-refractivity contribution in [3.05, 3.63) is 64.7 Å². The Bertz CT molecular complexity index is 1020. The first kappa shape index (κ1) is 20.3. The molecule has 0 saturated carbocycles. The zero-order valence-corrected chi connectivity index (χ0v) is 17.1. The van der Waals surface area contributed by atoms with E-state index in [4.69, 9.17) is 9.47 Å². The lowest BCUT2D eigenvalue weighted by Crippen LogP contribution is -2.15. The van der Waals surface area contributed by atoms with Gasteiger partial charge >= 0.3 is 0 Å². The van der Waals surface area contributed by atoms with Crippen LogP contribution in [0.2, 0.25) is 0 Å². The van der Waals surface area contributed by atoms with Crippen molar-refractivity contribution in [3.8, 4) is 11.5 Å². The number of benzene rings is 2. The average molecular weight is 411 g/mol. The van der Waals surface area contributed by atoms with Crippen molar-refractivity contribution in [2.24, 2.45) is 0 Å². The van der Waals surface area contributed by atoms with Gasteiger partial charge in [0.15, 0.2) is 16.6 Å². The Morgan fingerprint density at radius 1 is 1.00 bits per heavy atom. The summed E-state index contributed by atoms with van der Waals surface area (Å²) in [4.78, 5) is 29.0. The number of hydrogen-bond donors (Lipinski definition) is 2. The van der Waals surface area contributed by atoms with E-state index in [0.29, 0.717) is 27.9 Å². The van der Waals surface area contributed by atoms with Gasteiger partial charge in [0, 0.05) is 16.6 Å². The minimum absolute atomic E-state index is 0.122. The van der Waals surface area contributed by atoms with E-state index in [1.165, 1.54) is 25.6 Å². The summed E-state index contributed by atoms with van der Waals surface area (Å²) in [7, 11) is 3.04. The number of ether oxygens (including phenoxy) is 2. The third kappa shape index (κ3) is 5.32. The molecule has 0 fully saturated rings. The van der Waals surface area contributed by atoms with Crippen LogP contribution < -0.4 is 20.1 Å². The summed E-state index contributed by atoms with van der Waals surface area (Å²) in [6, 6.07) is 12.5. The van der Waals surface area contributed by atoms with E-state index in [-0.39, 0.29) is 18.2 Å². The minimum atomic E-state index is -0.323. The molecule has 0 aliphatic heterocycles. The second-order valence-corrected chi connectivity index (χ2v) is 7.12. The highest BCUT2D eigenvalue weighted by Crippen LogP contribution is 2.28. The molecule has 29 heavy (non-hydrogen) atoms. The maximum absolute atomic E-state index is 12.5. The van der Waals surface area contributed by atoms with Gasteiger partial charge in [-0.25, -0.2) is 4.98 Å². The standard InChI is InChI=1S/C21H21N3O4S/c1-13-4-7-15(8-5-13)22-19(25)11-16-12-29-21(23-16)24-20(26)14-6-9-17(27-2)18(10-14)28-3/h4-10,12H,11H2,1-3H3,(H,22,25)(H,23,24,26). The Hall–Kier alpha value is -3.39. The number of aromatic nitrogens is 1. The van der Waals surface area contributed by atoms with E-state index >= 15 is 0 Å². The fourth-order valence-electron chi connectivity index (χ4n) is 2.60. The second kappa shape index (κ2) is 9.20. The van der Waals surface area contributed by atoms with Crippen molar-refractivity contribution in [2.75, 3.05) is 24.9 Å². The van der Waals surface area contributed by atoms with Gasteiger partial charge in [-0.2, -0.15) is 0 Å². The first-order chi connectivity index (χ1) is 14.0. The van der Waals surface area contributed by atoms with Gasteiger partial charge in [-0.05, 0) is 37.3 Å². The summed E-state index contributed by atoms with van der Waals surface area (Å²) < 4.78 is 10.4. The lowest BCUT2D eigenvalue weighted by molar-refractivity contribution is -0.115. The Balaban J connectivity index is 1.60. The number of methoxy groups -OCH3 is 2. The van der Waals surface area contributed by atoms with E-state index in [0.717, 1.165) is 11.3 Å². The van der Waals surface area contributed by atoms with Crippen molar-refractivity contribution in [3.63, 3.8) is 0 Å². The summed E-state index contributed by atoms with van der Waals surface area (Å²) in [6.07, 6.45) is 0.122. The summed E-state index contributed by atoms with van der Waals surface area (Å²) in [5.41, 5.74) is 2.86. The smallest absolute Gasteiger partial charge is 0.257 e. The molecule has 1 aromatic heterocycles. The van der Waals surface area contributed by atoms with Crippen LogP contribution in [0.15, 0.2) is 47.8 Å². The topological polar surface area (TPSA) is 89.5 Å². The van der Waals surface area contributed by atoms with Crippen LogP contribution in [0.5, 0.6) is 11.5 Å². The fourth-order valence-corrected chi connectivity index (χ4v) is 3.30. The number of thiazole rings is 1. The number of aryl methyl sites for hydroxylation is 1. The highest BCUT2D eigenvalue weighted by atomic mass is 32.1. The van der Waals surface area contributed by atoms with Crippen LogP contribution >= 0.6 is 11.3 Å². The van der Waals surface area contributed by atoms with E-state index in [9.17, 15) is 9.59 Å². The van der Waals surface area contributed by atoms with E-state index in [1.54, 1.807) is 23.6 Å². The molecule has 0 radical (unpaired) electrons. The first-order valence-electron chi connectivity index (χ1n) is 8.83. The predicted octanol–water partition coefficient (Wildman–Crippen LogP) is 3.90. The molecule has 0 aliphatic carbocycles. The van der Waals surface area contributed by atoms with Gasteiger partial charge in [-0.15, -0.1) is 11.3 Å². The maximum atomic E-state index is 12.5. The number of rotatable bonds is 7. The second-order valence-electron chi connectivity index (χ2n) is 6.26. The Labute approximate surface area is 172 Å². The van der Waals surface area contributed by atoms with Gasteiger partial charge in [0.1, 0.15) is 0 Å². The number of carbonyl (C=O) groups is 2. The van der Waals surface area contributed by atoms with Gasteiger partial charge in [0.2, 0.25) is 5.91 Å². The molecule has 0 atom stereocenters. The van der Waals surface area contributed by atoms with Crippen LogP contribution in [-0.4, -0.2) is 31.0 Å². The largest absolute Gasteiger partial charge is 0.493 e. The minimum Gasteiger partial charge on any atom is -0.493 e. The lowest BCUT2D eigenvalue weighted by atomic mass is 10.2. The van der Waals surface area contributed by atoms with E-state index < -0.39 is 0 Å². The first-order valence-corrected chi connectivity index (χ1v) is 9.70. The molecule has 1 heterocycles. The number of anilines is 2. The van der Waals surface area contributed by atoms with Crippen molar-refractivity contribution in [2.45, 2.75) is 13.3 Å². The molecule has 3 aromatic rings. The number of hydrogen-bond acceptors (Lipinski definition) is 6. The summed E-state index contributed by atoms with van der Waals surface area (Å²) in [5.74, 6) is 0.515. The SMILES string of the molecule is COc1ccc(C(=O)Nc2nc(CC(=O)Nc3ccc(C)cc3)cs2)cc1OC. The van der Waals surface area contributed by atoms with Crippen LogP contribution in [0.4, 0.5) is 10.8 Å². The average Bonchev–Trinajstić information content (AvgIpc) is 3.15. The van der Waals surface area contributed by atoms with Crippen molar-refractivity contribution >= 4 is 34.0 Å². The number of carbonyl (C=O) groups excluding carboxylic acids is 2. The molecule has 2 aromatic carbocycles. The number of nitrogens with zero attached hydrogens (tertiary/aromatic N) is 1. The van der Waals surface area contributed by atoms with Crippen molar-refractivity contribution in [1.29, 1.82) is 0 Å². The van der Waals surface area contributed by atoms with Gasteiger partial charge < -0.3 is 14.8 Å². The van der Waals surface area contributed by atoms with E-state index in [1.807, 2.05) is 31.2 Å². The Morgan fingerprint density at radius 3 is 2.41 bits per heavy atom. The van der Waals surface area contributed by atoms with Gasteiger partial charge in [0.05, 0.1) is 26.3 Å². The molecule has 8 heteroatoms. The van der Waals surface area contributed by atoms with Gasteiger partial charge in [0.25, 0.3) is 5.91 Å². The van der Waals surface area contributed by atoms with Crippen LogP contribution in [0.3, 0.4) is 0 Å².